The molecule has 0 saturated carbocycles. The predicted molar refractivity (Wildman–Crippen MR) is 30.4 cm³/mol. The fourth-order valence-electron chi connectivity index (χ4n) is 0.183. The molecule has 0 saturated heterocycles. The van der Waals surface area contributed by atoms with Crippen LogP contribution >= 0.6 is 0 Å². The Morgan fingerprint density at radius 1 is 1.88 bits per heavy atom. The number of nitrogens with one attached hydrogen (secondary N) is 1. The van der Waals surface area contributed by atoms with E-state index in [1.807, 2.05) is 0 Å². The van der Waals surface area contributed by atoms with Crippen LogP contribution < -0.4 is 4.72 Å². The molecule has 46 valence electrons. The van der Waals surface area contributed by atoms with Crippen molar-refractivity contribution in [1.82, 2.24) is 4.72 Å². The summed E-state index contributed by atoms with van der Waals surface area (Å²) in [5.74, 6) is 5.06. The van der Waals surface area contributed by atoms with Crippen LogP contribution in [0.4, 0.5) is 0 Å². The zero-order valence-electron chi connectivity index (χ0n) is 4.43. The first-order chi connectivity index (χ1) is 3.77. The summed E-state index contributed by atoms with van der Waals surface area (Å²) < 4.78 is 21.5. The fraction of sp³-hybridized carbons (Fsp3) is 0.500. The maximum Gasteiger partial charge on any atom is 0.0683 e. The minimum Gasteiger partial charge on any atom is -0.760 e. The molecule has 0 aliphatic carbocycles. The Morgan fingerprint density at radius 2 is 2.50 bits per heavy atom. The van der Waals surface area contributed by atoms with E-state index in [0.717, 1.165) is 0 Å². The van der Waals surface area contributed by atoms with E-state index >= 15 is 0 Å². The van der Waals surface area contributed by atoms with Gasteiger partial charge in [-0.05, 0) is 6.92 Å². The smallest absolute Gasteiger partial charge is 0.0683 e. The van der Waals surface area contributed by atoms with Crippen molar-refractivity contribution in [3.05, 3.63) is 0 Å². The normalized spacial score (nSPS) is 11.8. The third-order valence-corrected chi connectivity index (χ3v) is 0.835. The molecule has 0 amide bonds. The summed E-state index contributed by atoms with van der Waals surface area (Å²) in [4.78, 5) is 0. The van der Waals surface area contributed by atoms with Gasteiger partial charge in [0.25, 0.3) is 0 Å². The van der Waals surface area contributed by atoms with Crippen molar-refractivity contribution >= 4 is 11.3 Å². The topological polar surface area (TPSA) is 52.2 Å². The third kappa shape index (κ3) is 5.63. The Hall–Kier alpha value is -0.370. The first kappa shape index (κ1) is 7.63. The van der Waals surface area contributed by atoms with Gasteiger partial charge < -0.3 is 4.55 Å². The van der Waals surface area contributed by atoms with E-state index in [9.17, 15) is 8.76 Å². The highest BCUT2D eigenvalue weighted by Crippen LogP contribution is 1.59. The molecule has 8 heavy (non-hydrogen) atoms. The Kier molecular flexibility index (Phi) is 4.56. The summed E-state index contributed by atoms with van der Waals surface area (Å²) in [6.45, 7) is 1.85. The van der Waals surface area contributed by atoms with E-state index < -0.39 is 11.3 Å². The molecule has 0 fully saturated rings. The highest BCUT2D eigenvalue weighted by atomic mass is 32.2. The molecule has 4 heteroatoms. The van der Waals surface area contributed by atoms with Crippen molar-refractivity contribution in [3.63, 3.8) is 0 Å². The lowest BCUT2D eigenvalue weighted by molar-refractivity contribution is 0.527. The molecule has 0 heterocycles. The van der Waals surface area contributed by atoms with Crippen LogP contribution in [0.5, 0.6) is 0 Å². The highest BCUT2D eigenvalue weighted by molar-refractivity contribution is 7.77. The molecule has 0 aromatic rings. The van der Waals surface area contributed by atoms with E-state index in [1.165, 1.54) is 0 Å². The van der Waals surface area contributed by atoms with Crippen molar-refractivity contribution in [2.24, 2.45) is 0 Å². The van der Waals surface area contributed by atoms with Crippen LogP contribution in [-0.2, 0) is 11.3 Å². The van der Waals surface area contributed by atoms with Crippen molar-refractivity contribution in [2.45, 2.75) is 6.92 Å². The van der Waals surface area contributed by atoms with Gasteiger partial charge in [-0.2, -0.15) is 0 Å². The molecule has 0 bridgehead atoms. The van der Waals surface area contributed by atoms with Crippen molar-refractivity contribution in [1.29, 1.82) is 0 Å². The molecule has 1 N–H and O–H groups in total. The summed E-state index contributed by atoms with van der Waals surface area (Å²) in [5, 5.41) is 0. The zero-order valence-corrected chi connectivity index (χ0v) is 5.25. The Bertz CT molecular complexity index is 135. The van der Waals surface area contributed by atoms with Gasteiger partial charge in [0, 0.05) is 11.3 Å². The average molecular weight is 132 g/mol. The molecule has 1 atom stereocenters. The second-order valence-electron chi connectivity index (χ2n) is 0.983. The van der Waals surface area contributed by atoms with Crippen molar-refractivity contribution in [3.8, 4) is 11.8 Å². The Labute approximate surface area is 50.9 Å². The molecule has 0 rings (SSSR count). The van der Waals surface area contributed by atoms with E-state index in [4.69, 9.17) is 0 Å². The van der Waals surface area contributed by atoms with Gasteiger partial charge in [-0.15, -0.1) is 5.92 Å². The number of hydrogen-bond acceptors (Lipinski definition) is 2. The highest BCUT2D eigenvalue weighted by Gasteiger charge is 1.72. The van der Waals surface area contributed by atoms with Gasteiger partial charge in [0.2, 0.25) is 0 Å². The van der Waals surface area contributed by atoms with E-state index in [2.05, 4.69) is 16.6 Å². The largest absolute Gasteiger partial charge is 0.760 e. The molecular formula is C4H6NO2S-. The summed E-state index contributed by atoms with van der Waals surface area (Å²) in [7, 11) is 0. The van der Waals surface area contributed by atoms with E-state index in [0.29, 0.717) is 0 Å². The molecule has 3 nitrogen and oxygen atoms in total. The second kappa shape index (κ2) is 4.78. The monoisotopic (exact) mass is 132 g/mol. The summed E-state index contributed by atoms with van der Waals surface area (Å²) in [6, 6.07) is 0. The third-order valence-electron chi connectivity index (χ3n) is 0.455. The molecule has 0 radical (unpaired) electrons. The van der Waals surface area contributed by atoms with Gasteiger partial charge in [0.05, 0.1) is 6.54 Å². The molecule has 0 aliphatic heterocycles. The maximum absolute atomic E-state index is 9.70. The lowest BCUT2D eigenvalue weighted by Gasteiger charge is -2.00. The minimum atomic E-state index is -2.17. The first-order valence-corrected chi connectivity index (χ1v) is 3.07. The SMILES string of the molecule is CC#CCNS(=O)[O-]. The molecule has 0 spiro atoms. The predicted octanol–water partition coefficient (Wildman–Crippen LogP) is -0.607. The summed E-state index contributed by atoms with van der Waals surface area (Å²) in [5.41, 5.74) is 0. The lowest BCUT2D eigenvalue weighted by Crippen LogP contribution is -2.15. The van der Waals surface area contributed by atoms with Gasteiger partial charge in [-0.3, -0.25) is 4.21 Å². The number of rotatable bonds is 2. The van der Waals surface area contributed by atoms with Crippen LogP contribution in [0.1, 0.15) is 6.92 Å². The second-order valence-corrected chi connectivity index (χ2v) is 1.74. The lowest BCUT2D eigenvalue weighted by atomic mass is 10.6. The maximum atomic E-state index is 9.70. The molecular weight excluding hydrogens is 126 g/mol. The van der Waals surface area contributed by atoms with Gasteiger partial charge in [0.15, 0.2) is 0 Å². The number of hydrogen-bond donors (Lipinski definition) is 1. The molecule has 0 aliphatic rings. The molecule has 0 aromatic carbocycles. The Balaban J connectivity index is 3.14. The standard InChI is InChI=1S/C4H7NO2S/c1-2-3-4-5-8(6)7/h5H,4H2,1H3,(H,6,7)/p-1. The van der Waals surface area contributed by atoms with Crippen LogP contribution in [0.15, 0.2) is 0 Å². The fourth-order valence-corrected chi connectivity index (χ4v) is 0.373. The van der Waals surface area contributed by atoms with Crippen LogP contribution in [0.25, 0.3) is 0 Å². The van der Waals surface area contributed by atoms with Gasteiger partial charge in [0.1, 0.15) is 0 Å². The average Bonchev–Trinajstić information content (AvgIpc) is 1.66. The minimum absolute atomic E-state index is 0.201. The van der Waals surface area contributed by atoms with Crippen molar-refractivity contribution in [2.75, 3.05) is 6.54 Å². The zero-order chi connectivity index (χ0) is 6.41. The first-order valence-electron chi connectivity index (χ1n) is 1.99. The summed E-state index contributed by atoms with van der Waals surface area (Å²) in [6.07, 6.45) is 0. The van der Waals surface area contributed by atoms with Crippen molar-refractivity contribution < 1.29 is 8.76 Å². The van der Waals surface area contributed by atoms with E-state index in [-0.39, 0.29) is 6.54 Å². The Morgan fingerprint density at radius 3 is 2.88 bits per heavy atom. The van der Waals surface area contributed by atoms with Crippen LogP contribution in [0.3, 0.4) is 0 Å². The van der Waals surface area contributed by atoms with Crippen LogP contribution in [0.2, 0.25) is 0 Å². The molecule has 1 unspecified atom stereocenters. The molecule has 0 aromatic heterocycles. The van der Waals surface area contributed by atoms with Crippen LogP contribution in [0, 0.1) is 11.8 Å². The van der Waals surface area contributed by atoms with Crippen LogP contribution in [-0.4, -0.2) is 15.3 Å². The summed E-state index contributed by atoms with van der Waals surface area (Å²) >= 11 is -2.17. The van der Waals surface area contributed by atoms with Gasteiger partial charge in [-0.1, -0.05) is 5.92 Å². The quantitative estimate of drug-likeness (QED) is 0.402. The van der Waals surface area contributed by atoms with Gasteiger partial charge in [-0.25, -0.2) is 4.72 Å². The van der Waals surface area contributed by atoms with E-state index in [1.54, 1.807) is 6.92 Å². The van der Waals surface area contributed by atoms with Gasteiger partial charge >= 0.3 is 0 Å².